The van der Waals surface area contributed by atoms with Gasteiger partial charge in [-0.15, -0.1) is 0 Å². The van der Waals surface area contributed by atoms with E-state index in [4.69, 9.17) is 9.47 Å². The van der Waals surface area contributed by atoms with Crippen molar-refractivity contribution in [1.82, 2.24) is 0 Å². The second-order valence-electron chi connectivity index (χ2n) is 5.56. The number of hydrogen-bond donors (Lipinski definition) is 1. The molecule has 6 nitrogen and oxygen atoms in total. The van der Waals surface area contributed by atoms with Crippen molar-refractivity contribution < 1.29 is 14.4 Å². The van der Waals surface area contributed by atoms with Crippen LogP contribution in [0.4, 0.5) is 11.4 Å². The van der Waals surface area contributed by atoms with Crippen LogP contribution >= 0.6 is 0 Å². The Morgan fingerprint density at radius 2 is 1.95 bits per heavy atom. The SMILES string of the molecule is COCC(Nc1ccc([N+](=O)[O-])c(OC(C)C)c1)C(C)C. The third-order valence-corrected chi connectivity index (χ3v) is 3.02. The number of methoxy groups -OCH3 is 1. The average Bonchev–Trinajstić information content (AvgIpc) is 2.37. The van der Waals surface area contributed by atoms with E-state index in [9.17, 15) is 10.1 Å². The molecule has 118 valence electrons. The van der Waals surface area contributed by atoms with Crippen LogP contribution in [0.3, 0.4) is 0 Å². The minimum atomic E-state index is -0.434. The van der Waals surface area contributed by atoms with E-state index in [-0.39, 0.29) is 23.6 Å². The van der Waals surface area contributed by atoms with E-state index >= 15 is 0 Å². The highest BCUT2D eigenvalue weighted by Gasteiger charge is 2.19. The highest BCUT2D eigenvalue weighted by molar-refractivity contribution is 5.58. The van der Waals surface area contributed by atoms with Crippen LogP contribution in [0.2, 0.25) is 0 Å². The van der Waals surface area contributed by atoms with Gasteiger partial charge in [-0.25, -0.2) is 0 Å². The summed E-state index contributed by atoms with van der Waals surface area (Å²) in [6, 6.07) is 4.95. The third-order valence-electron chi connectivity index (χ3n) is 3.02. The van der Waals surface area contributed by atoms with Gasteiger partial charge in [-0.2, -0.15) is 0 Å². The zero-order valence-corrected chi connectivity index (χ0v) is 13.3. The lowest BCUT2D eigenvalue weighted by atomic mass is 10.0. The van der Waals surface area contributed by atoms with Crippen LogP contribution in [0.15, 0.2) is 18.2 Å². The number of nitro benzene ring substituents is 1. The van der Waals surface area contributed by atoms with Gasteiger partial charge in [-0.1, -0.05) is 13.8 Å². The summed E-state index contributed by atoms with van der Waals surface area (Å²) in [6.45, 7) is 8.42. The van der Waals surface area contributed by atoms with Gasteiger partial charge >= 0.3 is 5.69 Å². The fourth-order valence-electron chi connectivity index (χ4n) is 1.90. The van der Waals surface area contributed by atoms with E-state index in [1.54, 1.807) is 19.2 Å². The molecule has 0 saturated carbocycles. The van der Waals surface area contributed by atoms with Crippen molar-refractivity contribution in [3.63, 3.8) is 0 Å². The largest absolute Gasteiger partial charge is 0.484 e. The molecule has 6 heteroatoms. The average molecular weight is 296 g/mol. The van der Waals surface area contributed by atoms with Crippen LogP contribution in [0.25, 0.3) is 0 Å². The Kier molecular flexibility index (Phi) is 6.42. The number of nitrogens with zero attached hydrogens (tertiary/aromatic N) is 1. The fourth-order valence-corrected chi connectivity index (χ4v) is 1.90. The van der Waals surface area contributed by atoms with Crippen molar-refractivity contribution in [3.05, 3.63) is 28.3 Å². The van der Waals surface area contributed by atoms with Gasteiger partial charge in [0.25, 0.3) is 0 Å². The van der Waals surface area contributed by atoms with Crippen LogP contribution in [0.1, 0.15) is 27.7 Å². The molecule has 0 spiro atoms. The topological polar surface area (TPSA) is 73.6 Å². The maximum absolute atomic E-state index is 11.0. The Morgan fingerprint density at radius 1 is 1.29 bits per heavy atom. The number of nitro groups is 1. The Balaban J connectivity index is 3.00. The fraction of sp³-hybridized carbons (Fsp3) is 0.600. The molecule has 1 aromatic carbocycles. The molecule has 0 aliphatic heterocycles. The van der Waals surface area contributed by atoms with Gasteiger partial charge in [0.05, 0.1) is 23.7 Å². The van der Waals surface area contributed by atoms with Crippen LogP contribution in [-0.4, -0.2) is 30.8 Å². The summed E-state index contributed by atoms with van der Waals surface area (Å²) in [7, 11) is 1.65. The first-order valence-electron chi connectivity index (χ1n) is 7.05. The van der Waals surface area contributed by atoms with Crippen molar-refractivity contribution >= 4 is 11.4 Å². The summed E-state index contributed by atoms with van der Waals surface area (Å²) in [5.41, 5.74) is 0.758. The monoisotopic (exact) mass is 296 g/mol. The molecule has 0 radical (unpaired) electrons. The Labute approximate surface area is 125 Å². The quantitative estimate of drug-likeness (QED) is 0.587. The molecular formula is C15H24N2O4. The predicted octanol–water partition coefficient (Wildman–Crippen LogP) is 3.46. The minimum Gasteiger partial charge on any atom is -0.484 e. The maximum Gasteiger partial charge on any atom is 0.311 e. The summed E-state index contributed by atoms with van der Waals surface area (Å²) in [5, 5.41) is 14.4. The van der Waals surface area contributed by atoms with Crippen LogP contribution in [0.5, 0.6) is 5.75 Å². The van der Waals surface area contributed by atoms with Gasteiger partial charge < -0.3 is 14.8 Å². The van der Waals surface area contributed by atoms with E-state index in [0.717, 1.165) is 5.69 Å². The first-order chi connectivity index (χ1) is 9.85. The van der Waals surface area contributed by atoms with E-state index in [2.05, 4.69) is 19.2 Å². The van der Waals surface area contributed by atoms with Crippen LogP contribution in [0, 0.1) is 16.0 Å². The Hall–Kier alpha value is -1.82. The molecule has 0 aliphatic rings. The molecule has 0 saturated heterocycles. The highest BCUT2D eigenvalue weighted by Crippen LogP contribution is 2.31. The predicted molar refractivity (Wildman–Crippen MR) is 83.0 cm³/mol. The zero-order valence-electron chi connectivity index (χ0n) is 13.3. The van der Waals surface area contributed by atoms with Crippen molar-refractivity contribution in [2.45, 2.75) is 39.8 Å². The van der Waals surface area contributed by atoms with E-state index < -0.39 is 4.92 Å². The number of benzene rings is 1. The van der Waals surface area contributed by atoms with E-state index in [0.29, 0.717) is 12.5 Å². The first kappa shape index (κ1) is 17.2. The molecule has 0 bridgehead atoms. The van der Waals surface area contributed by atoms with Gasteiger partial charge in [0.1, 0.15) is 0 Å². The number of rotatable bonds is 8. The van der Waals surface area contributed by atoms with Crippen LogP contribution in [-0.2, 0) is 4.74 Å². The molecule has 1 aromatic rings. The molecule has 0 fully saturated rings. The standard InChI is InChI=1S/C15H24N2O4/c1-10(2)13(9-20-5)16-12-6-7-14(17(18)19)15(8-12)21-11(3)4/h6-8,10-11,13,16H,9H2,1-5H3. The summed E-state index contributed by atoms with van der Waals surface area (Å²) in [6.07, 6.45) is -0.126. The van der Waals surface area contributed by atoms with Gasteiger partial charge in [0, 0.05) is 24.9 Å². The smallest absolute Gasteiger partial charge is 0.311 e. The Bertz CT molecular complexity index is 475. The van der Waals surface area contributed by atoms with Gasteiger partial charge in [0.15, 0.2) is 5.75 Å². The van der Waals surface area contributed by atoms with Crippen molar-refractivity contribution in [2.24, 2.45) is 5.92 Å². The molecule has 1 unspecified atom stereocenters. The van der Waals surface area contributed by atoms with Gasteiger partial charge in [0.2, 0.25) is 0 Å². The molecule has 1 N–H and O–H groups in total. The molecule has 1 atom stereocenters. The number of ether oxygens (including phenoxy) is 2. The lowest BCUT2D eigenvalue weighted by Gasteiger charge is -2.23. The van der Waals surface area contributed by atoms with Gasteiger partial charge in [-0.05, 0) is 25.8 Å². The first-order valence-corrected chi connectivity index (χ1v) is 7.05. The third kappa shape index (κ3) is 5.23. The second kappa shape index (κ2) is 7.83. The van der Waals surface area contributed by atoms with Crippen molar-refractivity contribution in [1.29, 1.82) is 0 Å². The molecule has 1 rings (SSSR count). The minimum absolute atomic E-state index is 0.0258. The maximum atomic E-state index is 11.0. The second-order valence-corrected chi connectivity index (χ2v) is 5.56. The zero-order chi connectivity index (χ0) is 16.0. The normalized spacial score (nSPS) is 12.5. The number of anilines is 1. The van der Waals surface area contributed by atoms with Crippen molar-refractivity contribution in [3.8, 4) is 5.75 Å². The highest BCUT2D eigenvalue weighted by atomic mass is 16.6. The van der Waals surface area contributed by atoms with E-state index in [1.165, 1.54) is 6.07 Å². The number of nitrogens with one attached hydrogen (secondary N) is 1. The Morgan fingerprint density at radius 3 is 2.43 bits per heavy atom. The molecular weight excluding hydrogens is 272 g/mol. The molecule has 0 amide bonds. The summed E-state index contributed by atoms with van der Waals surface area (Å²) < 4.78 is 10.7. The summed E-state index contributed by atoms with van der Waals surface area (Å²) in [5.74, 6) is 0.648. The molecule has 0 aliphatic carbocycles. The summed E-state index contributed by atoms with van der Waals surface area (Å²) in [4.78, 5) is 10.6. The molecule has 21 heavy (non-hydrogen) atoms. The molecule has 0 heterocycles. The van der Waals surface area contributed by atoms with Crippen molar-refractivity contribution in [2.75, 3.05) is 19.0 Å². The summed E-state index contributed by atoms with van der Waals surface area (Å²) >= 11 is 0. The lowest BCUT2D eigenvalue weighted by molar-refractivity contribution is -0.386. The van der Waals surface area contributed by atoms with E-state index in [1.807, 2.05) is 13.8 Å². The number of hydrogen-bond acceptors (Lipinski definition) is 5. The van der Waals surface area contributed by atoms with Gasteiger partial charge in [-0.3, -0.25) is 10.1 Å². The lowest BCUT2D eigenvalue weighted by Crippen LogP contribution is -2.30. The molecule has 0 aromatic heterocycles. The van der Waals surface area contributed by atoms with Crippen LogP contribution < -0.4 is 10.1 Å².